The Balaban J connectivity index is 1.72. The molecule has 1 saturated heterocycles. The number of nitrogens with one attached hydrogen (secondary N) is 1. The summed E-state index contributed by atoms with van der Waals surface area (Å²) in [7, 11) is 0. The fraction of sp³-hybridized carbons (Fsp3) is 0.250. The normalized spacial score (nSPS) is 17.9. The van der Waals surface area contributed by atoms with E-state index in [1.165, 1.54) is 17.7 Å². The van der Waals surface area contributed by atoms with Gasteiger partial charge in [0.25, 0.3) is 0 Å². The van der Waals surface area contributed by atoms with E-state index in [9.17, 15) is 4.39 Å². The molecule has 0 saturated carbocycles. The molecule has 0 aliphatic carbocycles. The summed E-state index contributed by atoms with van der Waals surface area (Å²) >= 11 is 0. The summed E-state index contributed by atoms with van der Waals surface area (Å²) in [5.74, 6) is 0.201. The molecule has 3 nitrogen and oxygen atoms in total. The summed E-state index contributed by atoms with van der Waals surface area (Å²) < 4.78 is 26.5. The van der Waals surface area contributed by atoms with Crippen LogP contribution in [0, 0.1) is 12.7 Å². The number of hydrogen-bond acceptors (Lipinski definition) is 3. The molecule has 0 aromatic heterocycles. The van der Waals surface area contributed by atoms with E-state index in [2.05, 4.69) is 5.32 Å². The first-order valence-corrected chi connectivity index (χ1v) is 9.61. The maximum Gasteiger partial charge on any atom is 0.151 e. The Morgan fingerprint density at radius 3 is 2.54 bits per heavy atom. The molecule has 2 unspecified atom stereocenters. The molecule has 3 aromatic carbocycles. The quantitative estimate of drug-likeness (QED) is 0.685. The van der Waals surface area contributed by atoms with Crippen molar-refractivity contribution in [1.29, 1.82) is 0 Å². The average Bonchev–Trinajstić information content (AvgIpc) is 2.74. The molecular weight excluding hydrogens is 353 g/mol. The first-order valence-electron chi connectivity index (χ1n) is 9.61. The van der Waals surface area contributed by atoms with Crippen LogP contribution in [0.4, 0.5) is 4.39 Å². The van der Waals surface area contributed by atoms with Crippen molar-refractivity contribution in [2.24, 2.45) is 0 Å². The third-order valence-corrected chi connectivity index (χ3v) is 4.98. The van der Waals surface area contributed by atoms with Gasteiger partial charge in [0, 0.05) is 24.7 Å². The Hall–Kier alpha value is -2.69. The number of hydrogen-bond donors (Lipinski definition) is 1. The van der Waals surface area contributed by atoms with Crippen LogP contribution in [0.15, 0.2) is 72.8 Å². The van der Waals surface area contributed by atoms with E-state index in [0.29, 0.717) is 18.9 Å². The number of benzene rings is 3. The zero-order chi connectivity index (χ0) is 19.3. The number of ether oxygens (including phenoxy) is 2. The molecule has 1 fully saturated rings. The van der Waals surface area contributed by atoms with Crippen LogP contribution in [0.2, 0.25) is 0 Å². The summed E-state index contributed by atoms with van der Waals surface area (Å²) in [5.41, 5.74) is 4.05. The highest BCUT2D eigenvalue weighted by atomic mass is 19.1. The number of rotatable bonds is 5. The minimum atomic E-state index is -0.333. The van der Waals surface area contributed by atoms with Crippen molar-refractivity contribution in [2.75, 3.05) is 19.7 Å². The van der Waals surface area contributed by atoms with Gasteiger partial charge in [0.2, 0.25) is 0 Å². The van der Waals surface area contributed by atoms with E-state index in [4.69, 9.17) is 9.47 Å². The van der Waals surface area contributed by atoms with Crippen molar-refractivity contribution >= 4 is 0 Å². The molecule has 28 heavy (non-hydrogen) atoms. The molecule has 0 amide bonds. The number of morpholine rings is 1. The molecule has 0 radical (unpaired) electrons. The Kier molecular flexibility index (Phi) is 5.70. The molecule has 2 atom stereocenters. The van der Waals surface area contributed by atoms with E-state index in [1.807, 2.05) is 61.5 Å². The standard InChI is InChI=1S/C24H24FNO2/c1-17-7-9-18(10-8-17)21-12-11-20(25)15-22(21)28-24(19-5-3-2-4-6-19)23-16-26-13-14-27-23/h2-12,15,23-24,26H,13-14,16H2,1H3. The molecular formula is C24H24FNO2. The molecule has 1 aliphatic heterocycles. The van der Waals surface area contributed by atoms with Gasteiger partial charge in [-0.05, 0) is 30.2 Å². The van der Waals surface area contributed by atoms with Gasteiger partial charge in [0.05, 0.1) is 6.61 Å². The fourth-order valence-corrected chi connectivity index (χ4v) is 3.48. The minimum Gasteiger partial charge on any atom is -0.482 e. The third-order valence-electron chi connectivity index (χ3n) is 4.98. The Morgan fingerprint density at radius 2 is 1.82 bits per heavy atom. The van der Waals surface area contributed by atoms with Crippen molar-refractivity contribution in [3.05, 3.63) is 89.7 Å². The summed E-state index contributed by atoms with van der Waals surface area (Å²) in [6, 6.07) is 22.8. The molecule has 1 heterocycles. The maximum absolute atomic E-state index is 14.1. The molecule has 4 rings (SSSR count). The molecule has 0 bridgehead atoms. The number of aryl methyl sites for hydroxylation is 1. The van der Waals surface area contributed by atoms with Gasteiger partial charge >= 0.3 is 0 Å². The third kappa shape index (κ3) is 4.24. The number of halogens is 1. The largest absolute Gasteiger partial charge is 0.482 e. The van der Waals surface area contributed by atoms with E-state index >= 15 is 0 Å². The van der Waals surface area contributed by atoms with Crippen molar-refractivity contribution in [2.45, 2.75) is 19.1 Å². The van der Waals surface area contributed by atoms with Crippen LogP contribution >= 0.6 is 0 Å². The van der Waals surface area contributed by atoms with E-state index in [-0.39, 0.29) is 18.0 Å². The highest BCUT2D eigenvalue weighted by Gasteiger charge is 2.28. The van der Waals surface area contributed by atoms with Crippen LogP contribution in [-0.4, -0.2) is 25.8 Å². The molecule has 3 aromatic rings. The maximum atomic E-state index is 14.1. The second-order valence-corrected chi connectivity index (χ2v) is 7.07. The van der Waals surface area contributed by atoms with Gasteiger partial charge in [0.1, 0.15) is 17.7 Å². The second-order valence-electron chi connectivity index (χ2n) is 7.07. The first kappa shape index (κ1) is 18.7. The predicted molar refractivity (Wildman–Crippen MR) is 109 cm³/mol. The molecule has 4 heteroatoms. The summed E-state index contributed by atoms with van der Waals surface area (Å²) in [4.78, 5) is 0. The van der Waals surface area contributed by atoms with Crippen LogP contribution in [0.3, 0.4) is 0 Å². The summed E-state index contributed by atoms with van der Waals surface area (Å²) in [6.07, 6.45) is -0.481. The van der Waals surface area contributed by atoms with Crippen molar-refractivity contribution in [3.8, 4) is 16.9 Å². The van der Waals surface area contributed by atoms with E-state index in [0.717, 1.165) is 23.2 Å². The lowest BCUT2D eigenvalue weighted by Crippen LogP contribution is -2.43. The van der Waals surface area contributed by atoms with Gasteiger partial charge in [-0.25, -0.2) is 4.39 Å². The van der Waals surface area contributed by atoms with Crippen LogP contribution in [0.25, 0.3) is 11.1 Å². The van der Waals surface area contributed by atoms with Gasteiger partial charge in [0.15, 0.2) is 6.10 Å². The van der Waals surface area contributed by atoms with Gasteiger partial charge in [-0.1, -0.05) is 60.2 Å². The van der Waals surface area contributed by atoms with Crippen LogP contribution < -0.4 is 10.1 Å². The van der Waals surface area contributed by atoms with Gasteiger partial charge < -0.3 is 14.8 Å². The van der Waals surface area contributed by atoms with E-state index in [1.54, 1.807) is 6.07 Å². The lowest BCUT2D eigenvalue weighted by Gasteiger charge is -2.32. The summed E-state index contributed by atoms with van der Waals surface area (Å²) in [5, 5.41) is 3.36. The predicted octanol–water partition coefficient (Wildman–Crippen LogP) is 4.91. The van der Waals surface area contributed by atoms with Crippen LogP contribution in [0.1, 0.15) is 17.2 Å². The molecule has 0 spiro atoms. The Labute approximate surface area is 165 Å². The molecule has 1 aliphatic rings. The summed E-state index contributed by atoms with van der Waals surface area (Å²) in [6.45, 7) is 4.19. The first-order chi connectivity index (χ1) is 13.7. The minimum absolute atomic E-state index is 0.148. The fourth-order valence-electron chi connectivity index (χ4n) is 3.48. The zero-order valence-electron chi connectivity index (χ0n) is 15.9. The SMILES string of the molecule is Cc1ccc(-c2ccc(F)cc2OC(c2ccccc2)C2CNCCO2)cc1. The van der Waals surface area contributed by atoms with Gasteiger partial charge in [-0.15, -0.1) is 0 Å². The average molecular weight is 377 g/mol. The monoisotopic (exact) mass is 377 g/mol. The van der Waals surface area contributed by atoms with Crippen LogP contribution in [0.5, 0.6) is 5.75 Å². The van der Waals surface area contributed by atoms with Crippen LogP contribution in [-0.2, 0) is 4.74 Å². The topological polar surface area (TPSA) is 30.5 Å². The second kappa shape index (κ2) is 8.55. The highest BCUT2D eigenvalue weighted by Crippen LogP contribution is 2.35. The molecule has 1 N–H and O–H groups in total. The Bertz CT molecular complexity index is 906. The smallest absolute Gasteiger partial charge is 0.151 e. The van der Waals surface area contributed by atoms with E-state index < -0.39 is 0 Å². The van der Waals surface area contributed by atoms with Crippen molar-refractivity contribution in [3.63, 3.8) is 0 Å². The zero-order valence-corrected chi connectivity index (χ0v) is 15.9. The van der Waals surface area contributed by atoms with Crippen molar-refractivity contribution < 1.29 is 13.9 Å². The van der Waals surface area contributed by atoms with Gasteiger partial charge in [-0.2, -0.15) is 0 Å². The Morgan fingerprint density at radius 1 is 1.04 bits per heavy atom. The lowest BCUT2D eigenvalue weighted by atomic mass is 10.0. The lowest BCUT2D eigenvalue weighted by molar-refractivity contribution is -0.0431. The highest BCUT2D eigenvalue weighted by molar-refractivity contribution is 5.70. The van der Waals surface area contributed by atoms with Gasteiger partial charge in [-0.3, -0.25) is 0 Å². The molecule has 144 valence electrons. The van der Waals surface area contributed by atoms with Crippen molar-refractivity contribution in [1.82, 2.24) is 5.32 Å².